The fourth-order valence-corrected chi connectivity index (χ4v) is 2.47. The highest BCUT2D eigenvalue weighted by Crippen LogP contribution is 2.22. The van der Waals surface area contributed by atoms with Crippen LogP contribution in [0.15, 0.2) is 48.5 Å². The van der Waals surface area contributed by atoms with Gasteiger partial charge in [0.1, 0.15) is 0 Å². The lowest BCUT2D eigenvalue weighted by Crippen LogP contribution is -2.32. The van der Waals surface area contributed by atoms with Gasteiger partial charge in [0.2, 0.25) is 5.91 Å². The maximum atomic E-state index is 12.2. The number of amides is 2. The van der Waals surface area contributed by atoms with Gasteiger partial charge in [0, 0.05) is 11.3 Å². The summed E-state index contributed by atoms with van der Waals surface area (Å²) in [5.41, 5.74) is 2.82. The van der Waals surface area contributed by atoms with Crippen molar-refractivity contribution < 1.29 is 19.5 Å². The Kier molecular flexibility index (Phi) is 6.34. The number of carbonyl (C=O) groups is 3. The molecule has 142 valence electrons. The number of carboxylic acids is 1. The fraction of sp³-hybridized carbons (Fsp3) is 0.286. The lowest BCUT2D eigenvalue weighted by molar-refractivity contribution is -0.136. The Morgan fingerprint density at radius 1 is 0.926 bits per heavy atom. The van der Waals surface area contributed by atoms with E-state index < -0.39 is 5.97 Å². The van der Waals surface area contributed by atoms with Crippen molar-refractivity contribution in [3.63, 3.8) is 0 Å². The molecule has 3 N–H and O–H groups in total. The minimum absolute atomic E-state index is 0.00884. The predicted molar refractivity (Wildman–Crippen MR) is 104 cm³/mol. The van der Waals surface area contributed by atoms with Crippen molar-refractivity contribution in [3.05, 3.63) is 65.2 Å². The van der Waals surface area contributed by atoms with Crippen molar-refractivity contribution in [2.75, 3.05) is 11.9 Å². The molecular formula is C21H24N2O4. The highest BCUT2D eigenvalue weighted by atomic mass is 16.4. The molecule has 0 bridgehead atoms. The maximum Gasteiger partial charge on any atom is 0.307 e. The zero-order valence-corrected chi connectivity index (χ0v) is 15.7. The van der Waals surface area contributed by atoms with Crippen molar-refractivity contribution in [1.82, 2.24) is 5.32 Å². The molecule has 0 aromatic heterocycles. The van der Waals surface area contributed by atoms with E-state index in [0.717, 1.165) is 5.56 Å². The van der Waals surface area contributed by atoms with Crippen LogP contribution >= 0.6 is 0 Å². The van der Waals surface area contributed by atoms with E-state index >= 15 is 0 Å². The molecule has 27 heavy (non-hydrogen) atoms. The van der Waals surface area contributed by atoms with Gasteiger partial charge in [0.25, 0.3) is 5.91 Å². The van der Waals surface area contributed by atoms with Crippen LogP contribution in [-0.2, 0) is 21.4 Å². The zero-order valence-electron chi connectivity index (χ0n) is 15.7. The number of aliphatic carboxylic acids is 1. The monoisotopic (exact) mass is 368 g/mol. The molecule has 6 nitrogen and oxygen atoms in total. The van der Waals surface area contributed by atoms with E-state index in [0.29, 0.717) is 16.8 Å². The molecule has 0 heterocycles. The molecule has 0 atom stereocenters. The molecule has 0 saturated carbocycles. The normalized spacial score (nSPS) is 10.9. The average molecular weight is 368 g/mol. The number of rotatable bonds is 6. The SMILES string of the molecule is CC(C)(C)c1ccc(C(=O)NCC(=O)Nc2ccc(CC(=O)O)cc2)cc1. The highest BCUT2D eigenvalue weighted by molar-refractivity contribution is 5.99. The summed E-state index contributed by atoms with van der Waals surface area (Å²) in [6.45, 7) is 6.14. The first-order chi connectivity index (χ1) is 12.6. The van der Waals surface area contributed by atoms with E-state index in [1.165, 1.54) is 0 Å². The molecule has 2 aromatic carbocycles. The van der Waals surface area contributed by atoms with Crippen LogP contribution in [0.1, 0.15) is 42.3 Å². The summed E-state index contributed by atoms with van der Waals surface area (Å²) in [5.74, 6) is -1.59. The van der Waals surface area contributed by atoms with E-state index in [4.69, 9.17) is 5.11 Å². The second kappa shape index (κ2) is 8.49. The summed E-state index contributed by atoms with van der Waals surface area (Å²) in [6.07, 6.45) is -0.0711. The van der Waals surface area contributed by atoms with Crippen LogP contribution in [0.5, 0.6) is 0 Å². The summed E-state index contributed by atoms with van der Waals surface area (Å²) < 4.78 is 0. The highest BCUT2D eigenvalue weighted by Gasteiger charge is 2.14. The van der Waals surface area contributed by atoms with Gasteiger partial charge in [0.05, 0.1) is 13.0 Å². The molecule has 0 saturated heterocycles. The number of carbonyl (C=O) groups excluding carboxylic acids is 2. The standard InChI is InChI=1S/C21H24N2O4/c1-21(2,3)16-8-6-15(7-9-16)20(27)22-13-18(24)23-17-10-4-14(5-11-17)12-19(25)26/h4-11H,12-13H2,1-3H3,(H,22,27)(H,23,24)(H,25,26). The van der Waals surface area contributed by atoms with Gasteiger partial charge in [-0.25, -0.2) is 0 Å². The lowest BCUT2D eigenvalue weighted by Gasteiger charge is -2.19. The molecule has 2 amide bonds. The summed E-state index contributed by atoms with van der Waals surface area (Å²) in [6, 6.07) is 13.8. The van der Waals surface area contributed by atoms with Crippen LogP contribution in [0, 0.1) is 0 Å². The Bertz CT molecular complexity index is 819. The van der Waals surface area contributed by atoms with Crippen LogP contribution in [0.2, 0.25) is 0 Å². The van der Waals surface area contributed by atoms with Gasteiger partial charge in [-0.2, -0.15) is 0 Å². The largest absolute Gasteiger partial charge is 0.481 e. The number of hydrogen-bond acceptors (Lipinski definition) is 3. The van der Waals surface area contributed by atoms with Crippen LogP contribution in [0.25, 0.3) is 0 Å². The first-order valence-electron chi connectivity index (χ1n) is 8.64. The first-order valence-corrected chi connectivity index (χ1v) is 8.64. The quantitative estimate of drug-likeness (QED) is 0.730. The molecular weight excluding hydrogens is 344 g/mol. The molecule has 0 aliphatic heterocycles. The van der Waals surface area contributed by atoms with Gasteiger partial charge in [-0.3, -0.25) is 14.4 Å². The first kappa shape index (κ1) is 20.2. The van der Waals surface area contributed by atoms with Crippen molar-refractivity contribution >= 4 is 23.5 Å². The molecule has 0 unspecified atom stereocenters. The van der Waals surface area contributed by atoms with E-state index in [9.17, 15) is 14.4 Å². The third-order valence-corrected chi connectivity index (χ3v) is 4.02. The smallest absolute Gasteiger partial charge is 0.307 e. The molecule has 2 rings (SSSR count). The van der Waals surface area contributed by atoms with Gasteiger partial charge < -0.3 is 15.7 Å². The van der Waals surface area contributed by atoms with Crippen LogP contribution in [0.4, 0.5) is 5.69 Å². The van der Waals surface area contributed by atoms with Crippen molar-refractivity contribution in [2.24, 2.45) is 0 Å². The summed E-state index contributed by atoms with van der Waals surface area (Å²) >= 11 is 0. The Morgan fingerprint density at radius 2 is 1.52 bits per heavy atom. The number of benzene rings is 2. The Hall–Kier alpha value is -3.15. The maximum absolute atomic E-state index is 12.2. The number of nitrogens with one attached hydrogen (secondary N) is 2. The van der Waals surface area contributed by atoms with Gasteiger partial charge in [-0.05, 0) is 40.8 Å². The number of hydrogen-bond donors (Lipinski definition) is 3. The van der Waals surface area contributed by atoms with E-state index in [2.05, 4.69) is 31.4 Å². The van der Waals surface area contributed by atoms with E-state index in [-0.39, 0.29) is 30.2 Å². The molecule has 0 aliphatic rings. The molecule has 0 aliphatic carbocycles. The Balaban J connectivity index is 1.86. The van der Waals surface area contributed by atoms with Crippen LogP contribution in [0.3, 0.4) is 0 Å². The summed E-state index contributed by atoms with van der Waals surface area (Å²) in [4.78, 5) is 34.8. The molecule has 0 fully saturated rings. The van der Waals surface area contributed by atoms with Crippen molar-refractivity contribution in [3.8, 4) is 0 Å². The van der Waals surface area contributed by atoms with Crippen molar-refractivity contribution in [1.29, 1.82) is 0 Å². The lowest BCUT2D eigenvalue weighted by atomic mass is 9.87. The Morgan fingerprint density at radius 3 is 2.04 bits per heavy atom. The minimum Gasteiger partial charge on any atom is -0.481 e. The number of anilines is 1. The van der Waals surface area contributed by atoms with Gasteiger partial charge in [0.15, 0.2) is 0 Å². The van der Waals surface area contributed by atoms with Gasteiger partial charge in [-0.15, -0.1) is 0 Å². The summed E-state index contributed by atoms with van der Waals surface area (Å²) in [5, 5.41) is 14.0. The van der Waals surface area contributed by atoms with E-state index in [1.807, 2.05) is 12.1 Å². The van der Waals surface area contributed by atoms with Crippen molar-refractivity contribution in [2.45, 2.75) is 32.6 Å². The Labute approximate surface area is 158 Å². The van der Waals surface area contributed by atoms with E-state index in [1.54, 1.807) is 36.4 Å². The summed E-state index contributed by atoms with van der Waals surface area (Å²) in [7, 11) is 0. The van der Waals surface area contributed by atoms with Gasteiger partial charge >= 0.3 is 5.97 Å². The van der Waals surface area contributed by atoms with Crippen LogP contribution in [-0.4, -0.2) is 29.4 Å². The molecule has 2 aromatic rings. The third kappa shape index (κ3) is 6.26. The zero-order chi connectivity index (χ0) is 20.0. The molecule has 0 spiro atoms. The molecule has 6 heteroatoms. The minimum atomic E-state index is -0.912. The van der Waals surface area contributed by atoms with Crippen LogP contribution < -0.4 is 10.6 Å². The second-order valence-corrected chi connectivity index (χ2v) is 7.33. The second-order valence-electron chi connectivity index (χ2n) is 7.33. The third-order valence-electron chi connectivity index (χ3n) is 4.02. The average Bonchev–Trinajstić information content (AvgIpc) is 2.60. The predicted octanol–water partition coefficient (Wildman–Crippen LogP) is 2.98. The number of carboxylic acid groups (broad SMARTS) is 1. The molecule has 0 radical (unpaired) electrons. The fourth-order valence-electron chi connectivity index (χ4n) is 2.47. The topological polar surface area (TPSA) is 95.5 Å². The van der Waals surface area contributed by atoms with Gasteiger partial charge in [-0.1, -0.05) is 45.0 Å².